The first-order valence-corrected chi connectivity index (χ1v) is 10.1. The number of urea groups is 1. The number of likely N-dealkylation sites (tertiary alicyclic amines) is 1. The van der Waals surface area contributed by atoms with E-state index in [1.165, 1.54) is 11.3 Å². The van der Waals surface area contributed by atoms with Crippen molar-refractivity contribution in [3.8, 4) is 0 Å². The van der Waals surface area contributed by atoms with Gasteiger partial charge in [-0.15, -0.1) is 10.2 Å². The van der Waals surface area contributed by atoms with Crippen molar-refractivity contribution in [1.29, 1.82) is 0 Å². The number of carbonyl (C=O) groups excluding carboxylic acids is 2. The molecule has 0 saturated carbocycles. The molecule has 0 radical (unpaired) electrons. The lowest BCUT2D eigenvalue weighted by Crippen LogP contribution is -2.46. The lowest BCUT2D eigenvalue weighted by Gasteiger charge is -2.31. The van der Waals surface area contributed by atoms with Crippen molar-refractivity contribution >= 4 is 29.0 Å². The van der Waals surface area contributed by atoms with Gasteiger partial charge in [-0.3, -0.25) is 4.79 Å². The average Bonchev–Trinajstić information content (AvgIpc) is 3.19. The zero-order valence-electron chi connectivity index (χ0n) is 15.6. The third-order valence-corrected chi connectivity index (χ3v) is 5.86. The van der Waals surface area contributed by atoms with Crippen molar-refractivity contribution in [2.24, 2.45) is 0 Å². The van der Waals surface area contributed by atoms with Crippen molar-refractivity contribution in [2.45, 2.75) is 45.1 Å². The zero-order valence-corrected chi connectivity index (χ0v) is 16.5. The summed E-state index contributed by atoms with van der Waals surface area (Å²) in [5.74, 6) is 0.00346. The summed E-state index contributed by atoms with van der Waals surface area (Å²) in [6.07, 6.45) is 2.59. The molecule has 1 saturated heterocycles. The van der Waals surface area contributed by atoms with Gasteiger partial charge in [-0.25, -0.2) is 4.79 Å². The van der Waals surface area contributed by atoms with E-state index in [0.717, 1.165) is 30.0 Å². The Labute approximate surface area is 163 Å². The third-order valence-electron chi connectivity index (χ3n) is 4.78. The number of carbonyl (C=O) groups is 2. The fourth-order valence-electron chi connectivity index (χ4n) is 2.93. The van der Waals surface area contributed by atoms with Gasteiger partial charge in [0.1, 0.15) is 5.01 Å². The van der Waals surface area contributed by atoms with Crippen LogP contribution >= 0.6 is 11.3 Å². The molecule has 1 aliphatic heterocycles. The minimum absolute atomic E-state index is 0.00277. The maximum atomic E-state index is 12.3. The van der Waals surface area contributed by atoms with E-state index in [-0.39, 0.29) is 23.9 Å². The molecular weight excluding hydrogens is 362 g/mol. The highest BCUT2D eigenvalue weighted by Crippen LogP contribution is 2.30. The SMILES string of the molecule is CC[C@@H](C)NC(=O)N1CCC(c2nnc(C(=O)Nc3ccccc3)s2)CC1. The van der Waals surface area contributed by atoms with E-state index in [4.69, 9.17) is 0 Å². The molecule has 2 aromatic rings. The molecule has 8 heteroatoms. The van der Waals surface area contributed by atoms with Crippen LogP contribution < -0.4 is 10.6 Å². The van der Waals surface area contributed by atoms with E-state index in [0.29, 0.717) is 18.1 Å². The van der Waals surface area contributed by atoms with Gasteiger partial charge >= 0.3 is 6.03 Å². The summed E-state index contributed by atoms with van der Waals surface area (Å²) in [7, 11) is 0. The Morgan fingerprint density at radius 2 is 1.93 bits per heavy atom. The van der Waals surface area contributed by atoms with Gasteiger partial charge in [0, 0.05) is 30.7 Å². The van der Waals surface area contributed by atoms with E-state index in [2.05, 4.69) is 27.8 Å². The van der Waals surface area contributed by atoms with Crippen LogP contribution in [-0.4, -0.2) is 46.2 Å². The van der Waals surface area contributed by atoms with Crippen molar-refractivity contribution in [3.63, 3.8) is 0 Å². The summed E-state index contributed by atoms with van der Waals surface area (Å²) in [6, 6.07) is 9.49. The number of amides is 3. The van der Waals surface area contributed by atoms with Gasteiger partial charge in [0.25, 0.3) is 5.91 Å². The number of hydrogen-bond acceptors (Lipinski definition) is 5. The van der Waals surface area contributed by atoms with E-state index in [9.17, 15) is 9.59 Å². The smallest absolute Gasteiger partial charge is 0.317 e. The third kappa shape index (κ3) is 5.03. The predicted octanol–water partition coefficient (Wildman–Crippen LogP) is 3.48. The number of para-hydroxylation sites is 1. The zero-order chi connectivity index (χ0) is 19.2. The minimum Gasteiger partial charge on any atom is -0.336 e. The highest BCUT2D eigenvalue weighted by Gasteiger charge is 2.27. The van der Waals surface area contributed by atoms with Crippen LogP contribution in [0.15, 0.2) is 30.3 Å². The molecule has 0 spiro atoms. The summed E-state index contributed by atoms with van der Waals surface area (Å²) >= 11 is 1.34. The highest BCUT2D eigenvalue weighted by molar-refractivity contribution is 7.13. The van der Waals surface area contributed by atoms with Crippen molar-refractivity contribution in [3.05, 3.63) is 40.3 Å². The van der Waals surface area contributed by atoms with Crippen LogP contribution in [0.4, 0.5) is 10.5 Å². The first-order valence-electron chi connectivity index (χ1n) is 9.32. The molecular formula is C19H25N5O2S. The lowest BCUT2D eigenvalue weighted by molar-refractivity contribution is 0.102. The van der Waals surface area contributed by atoms with Gasteiger partial charge in [-0.05, 0) is 38.3 Å². The quantitative estimate of drug-likeness (QED) is 0.822. The van der Waals surface area contributed by atoms with Crippen LogP contribution in [0.1, 0.15) is 53.8 Å². The maximum absolute atomic E-state index is 12.3. The van der Waals surface area contributed by atoms with Gasteiger partial charge in [0.05, 0.1) is 0 Å². The second kappa shape index (κ2) is 8.94. The molecule has 2 N–H and O–H groups in total. The largest absolute Gasteiger partial charge is 0.336 e. The number of aromatic nitrogens is 2. The second-order valence-electron chi connectivity index (χ2n) is 6.79. The number of rotatable bonds is 5. The average molecular weight is 388 g/mol. The molecule has 7 nitrogen and oxygen atoms in total. The summed E-state index contributed by atoms with van der Waals surface area (Å²) in [4.78, 5) is 26.4. The molecule has 3 rings (SSSR count). The van der Waals surface area contributed by atoms with Gasteiger partial charge in [-0.2, -0.15) is 0 Å². The number of anilines is 1. The molecule has 1 aromatic heterocycles. The monoisotopic (exact) mass is 387 g/mol. The molecule has 0 bridgehead atoms. The Kier molecular flexibility index (Phi) is 6.39. The standard InChI is InChI=1S/C19H25N5O2S/c1-3-13(2)20-19(26)24-11-9-14(10-12-24)17-22-23-18(27-17)16(25)21-15-7-5-4-6-8-15/h4-8,13-14H,3,9-12H2,1-2H3,(H,20,26)(H,21,25)/t13-/m1/s1. The molecule has 3 amide bonds. The molecule has 1 fully saturated rings. The number of nitrogens with one attached hydrogen (secondary N) is 2. The molecule has 0 unspecified atom stereocenters. The van der Waals surface area contributed by atoms with Crippen LogP contribution in [0.5, 0.6) is 0 Å². The molecule has 1 atom stereocenters. The second-order valence-corrected chi connectivity index (χ2v) is 7.79. The first kappa shape index (κ1) is 19.3. The van der Waals surface area contributed by atoms with Crippen LogP contribution in [0.25, 0.3) is 0 Å². The van der Waals surface area contributed by atoms with Gasteiger partial charge in [0.2, 0.25) is 5.01 Å². The van der Waals surface area contributed by atoms with E-state index in [1.54, 1.807) is 0 Å². The topological polar surface area (TPSA) is 87.2 Å². The van der Waals surface area contributed by atoms with Crippen LogP contribution in [-0.2, 0) is 0 Å². The molecule has 2 heterocycles. The summed E-state index contributed by atoms with van der Waals surface area (Å²) in [6.45, 7) is 5.45. The molecule has 1 aliphatic rings. The van der Waals surface area contributed by atoms with Crippen molar-refractivity contribution in [1.82, 2.24) is 20.4 Å². The van der Waals surface area contributed by atoms with Crippen molar-refractivity contribution in [2.75, 3.05) is 18.4 Å². The lowest BCUT2D eigenvalue weighted by atomic mass is 9.98. The summed E-state index contributed by atoms with van der Waals surface area (Å²) in [5.41, 5.74) is 0.736. The highest BCUT2D eigenvalue weighted by atomic mass is 32.1. The van der Waals surface area contributed by atoms with Crippen molar-refractivity contribution < 1.29 is 9.59 Å². The summed E-state index contributed by atoms with van der Waals surface area (Å²) < 4.78 is 0. The Morgan fingerprint density at radius 3 is 2.59 bits per heavy atom. The molecule has 1 aromatic carbocycles. The Morgan fingerprint density at radius 1 is 1.22 bits per heavy atom. The van der Waals surface area contributed by atoms with Gasteiger partial charge < -0.3 is 15.5 Å². The van der Waals surface area contributed by atoms with Crippen LogP contribution in [0.2, 0.25) is 0 Å². The van der Waals surface area contributed by atoms with E-state index < -0.39 is 0 Å². The number of piperidine rings is 1. The molecule has 144 valence electrons. The van der Waals surface area contributed by atoms with Crippen LogP contribution in [0, 0.1) is 0 Å². The van der Waals surface area contributed by atoms with E-state index in [1.807, 2.05) is 42.2 Å². The predicted molar refractivity (Wildman–Crippen MR) is 106 cm³/mol. The fourth-order valence-corrected chi connectivity index (χ4v) is 3.84. The summed E-state index contributed by atoms with van der Waals surface area (Å²) in [5, 5.41) is 15.3. The van der Waals surface area contributed by atoms with Crippen LogP contribution in [0.3, 0.4) is 0 Å². The maximum Gasteiger partial charge on any atom is 0.317 e. The Bertz CT molecular complexity index is 771. The minimum atomic E-state index is -0.240. The van der Waals surface area contributed by atoms with E-state index >= 15 is 0 Å². The number of benzene rings is 1. The van der Waals surface area contributed by atoms with Gasteiger partial charge in [-0.1, -0.05) is 36.5 Å². The first-order chi connectivity index (χ1) is 13.1. The Hall–Kier alpha value is -2.48. The molecule has 27 heavy (non-hydrogen) atoms. The number of hydrogen-bond donors (Lipinski definition) is 2. The number of nitrogens with zero attached hydrogens (tertiary/aromatic N) is 3. The molecule has 0 aliphatic carbocycles. The normalized spacial score (nSPS) is 16.0. The van der Waals surface area contributed by atoms with Gasteiger partial charge in [0.15, 0.2) is 0 Å². The Balaban J connectivity index is 1.53. The fraction of sp³-hybridized carbons (Fsp3) is 0.474.